The molecule has 1 aromatic carbocycles. The smallest absolute Gasteiger partial charge is 0.363 e. The molecule has 0 bridgehead atoms. The van der Waals surface area contributed by atoms with Crippen LogP contribution >= 0.6 is 0 Å². The third-order valence-electron chi connectivity index (χ3n) is 4.65. The highest BCUT2D eigenvalue weighted by molar-refractivity contribution is 6.35. The summed E-state index contributed by atoms with van der Waals surface area (Å²) >= 11 is 0. The number of aromatic amines is 1. The van der Waals surface area contributed by atoms with Crippen molar-refractivity contribution in [2.45, 2.75) is 20.8 Å². The minimum atomic E-state index is -0.331. The van der Waals surface area contributed by atoms with Crippen molar-refractivity contribution < 1.29 is 31.2 Å². The first-order valence-corrected chi connectivity index (χ1v) is 9.32. The van der Waals surface area contributed by atoms with Gasteiger partial charge in [-0.15, -0.1) is 0 Å². The van der Waals surface area contributed by atoms with Crippen molar-refractivity contribution >= 4 is 29.2 Å². The molecule has 1 amide bonds. The molecule has 0 atom stereocenters. The number of aromatic nitrogens is 1. The molecule has 29 heavy (non-hydrogen) atoms. The number of likely N-dealkylation sites (N-methyl/N-ethyl adjacent to an activating group) is 1. The maximum absolute atomic E-state index is 13.1. The molecule has 1 aliphatic heterocycles. The number of halogens is 1. The Morgan fingerprint density at radius 2 is 1.86 bits per heavy atom. The predicted octanol–water partition coefficient (Wildman–Crippen LogP) is 0.0381. The van der Waals surface area contributed by atoms with Crippen LogP contribution in [0, 0.1) is 20.8 Å². The van der Waals surface area contributed by atoms with Crippen LogP contribution < -0.4 is 17.3 Å². The summed E-state index contributed by atoms with van der Waals surface area (Å²) in [5.74, 6) is -0.493. The van der Waals surface area contributed by atoms with Crippen LogP contribution in [0.3, 0.4) is 0 Å². The number of amides is 1. The van der Waals surface area contributed by atoms with E-state index < -0.39 is 0 Å². The summed E-state index contributed by atoms with van der Waals surface area (Å²) < 4.78 is 5.88. The number of nitrogens with one attached hydrogen (secondary N) is 1. The Morgan fingerprint density at radius 3 is 2.45 bits per heavy atom. The van der Waals surface area contributed by atoms with Gasteiger partial charge in [0.05, 0.1) is 32.4 Å². The molecule has 2 heterocycles. The van der Waals surface area contributed by atoms with Gasteiger partial charge in [0.2, 0.25) is 0 Å². The van der Waals surface area contributed by atoms with Gasteiger partial charge < -0.3 is 26.6 Å². The number of carbonyl (C=O) groups is 2. The van der Waals surface area contributed by atoms with E-state index in [-0.39, 0.29) is 37.6 Å². The first-order chi connectivity index (χ1) is 13.0. The molecule has 1 aromatic heterocycles. The van der Waals surface area contributed by atoms with E-state index in [1.54, 1.807) is 0 Å². The van der Waals surface area contributed by atoms with Crippen LogP contribution in [-0.4, -0.2) is 55.8 Å². The van der Waals surface area contributed by atoms with E-state index in [2.05, 4.69) is 4.98 Å². The molecule has 2 aromatic rings. The second kappa shape index (κ2) is 8.43. The first-order valence-electron chi connectivity index (χ1n) is 9.32. The Kier molecular flexibility index (Phi) is 6.60. The summed E-state index contributed by atoms with van der Waals surface area (Å²) in [5, 5.41) is 0. The summed E-state index contributed by atoms with van der Waals surface area (Å²) in [6.45, 7) is 6.13. The minimum Gasteiger partial charge on any atom is -1.00 e. The van der Waals surface area contributed by atoms with Gasteiger partial charge >= 0.3 is 5.97 Å². The first kappa shape index (κ1) is 22.7. The Morgan fingerprint density at radius 1 is 1.17 bits per heavy atom. The number of anilines is 1. The van der Waals surface area contributed by atoms with Gasteiger partial charge in [-0.25, -0.2) is 4.79 Å². The summed E-state index contributed by atoms with van der Waals surface area (Å²) in [6.07, 6.45) is 1.88. The van der Waals surface area contributed by atoms with Crippen LogP contribution in [0.2, 0.25) is 0 Å². The number of benzene rings is 1. The van der Waals surface area contributed by atoms with Crippen LogP contribution in [-0.2, 0) is 14.3 Å². The molecule has 0 spiro atoms. The van der Waals surface area contributed by atoms with Crippen molar-refractivity contribution in [2.24, 2.45) is 0 Å². The van der Waals surface area contributed by atoms with Gasteiger partial charge in [-0.05, 0) is 50.1 Å². The highest BCUT2D eigenvalue weighted by Gasteiger charge is 2.33. The maximum Gasteiger partial charge on any atom is 0.363 e. The van der Waals surface area contributed by atoms with E-state index in [1.165, 1.54) is 4.90 Å². The number of hydrogen-bond donors (Lipinski definition) is 1. The summed E-state index contributed by atoms with van der Waals surface area (Å²) in [5.41, 5.74) is 6.31. The number of quaternary nitrogens is 1. The number of esters is 1. The van der Waals surface area contributed by atoms with Crippen molar-refractivity contribution in [1.29, 1.82) is 0 Å². The van der Waals surface area contributed by atoms with Gasteiger partial charge in [-0.2, -0.15) is 0 Å². The molecule has 0 radical (unpaired) electrons. The molecule has 0 aliphatic carbocycles. The molecule has 0 saturated carbocycles. The highest BCUT2D eigenvalue weighted by Crippen LogP contribution is 2.38. The normalized spacial score (nSPS) is 14.8. The van der Waals surface area contributed by atoms with Crippen molar-refractivity contribution in [2.75, 3.05) is 39.3 Å². The molecule has 6 nitrogen and oxygen atoms in total. The Hall–Kier alpha value is -2.57. The number of ether oxygens (including phenoxy) is 1. The van der Waals surface area contributed by atoms with E-state index in [0.29, 0.717) is 10.1 Å². The fraction of sp³-hybridized carbons (Fsp3) is 0.364. The van der Waals surface area contributed by atoms with Gasteiger partial charge in [-0.1, -0.05) is 12.1 Å². The second-order valence-corrected chi connectivity index (χ2v) is 8.45. The zero-order valence-electron chi connectivity index (χ0n) is 17.8. The van der Waals surface area contributed by atoms with E-state index in [9.17, 15) is 9.59 Å². The number of hydrogen-bond acceptors (Lipinski definition) is 3. The number of H-pyrrole nitrogens is 1. The molecule has 7 heteroatoms. The van der Waals surface area contributed by atoms with Gasteiger partial charge in [-0.3, -0.25) is 9.69 Å². The summed E-state index contributed by atoms with van der Waals surface area (Å²) in [6, 6.07) is 7.94. The number of carbonyl (C=O) groups excluding carboxylic acids is 2. The standard InChI is InChI=1S/C22H27N3O3.ClH/c1-14-7-8-17-18(11-19-15(2)10-16(3)23-19)22(27)24(20(17)9-14)13-28-21(26)12-25(4,5)6;/h7-11H,12-13H2,1-6H3;1H. The largest absolute Gasteiger partial charge is 1.00 e. The third-order valence-corrected chi connectivity index (χ3v) is 4.65. The summed E-state index contributed by atoms with van der Waals surface area (Å²) in [7, 11) is 5.76. The molecule has 0 fully saturated rings. The molecule has 1 aliphatic rings. The van der Waals surface area contributed by atoms with Crippen molar-refractivity contribution in [1.82, 2.24) is 4.98 Å². The van der Waals surface area contributed by atoms with Crippen molar-refractivity contribution in [3.8, 4) is 0 Å². The minimum absolute atomic E-state index is 0. The molecule has 0 saturated heterocycles. The number of aryl methyl sites for hydroxylation is 3. The lowest BCUT2D eigenvalue weighted by atomic mass is 10.0. The lowest BCUT2D eigenvalue weighted by Crippen LogP contribution is -3.00. The van der Waals surface area contributed by atoms with E-state index in [1.807, 2.05) is 72.3 Å². The lowest BCUT2D eigenvalue weighted by Gasteiger charge is -2.23. The number of fused-ring (bicyclic) bond motifs is 1. The topological polar surface area (TPSA) is 62.4 Å². The quantitative estimate of drug-likeness (QED) is 0.424. The highest BCUT2D eigenvalue weighted by atomic mass is 35.5. The van der Waals surface area contributed by atoms with E-state index in [4.69, 9.17) is 4.74 Å². The fourth-order valence-corrected chi connectivity index (χ4v) is 3.34. The van der Waals surface area contributed by atoms with Gasteiger partial charge in [0.25, 0.3) is 5.91 Å². The average Bonchev–Trinajstić information content (AvgIpc) is 3.01. The van der Waals surface area contributed by atoms with Crippen LogP contribution in [0.15, 0.2) is 24.3 Å². The van der Waals surface area contributed by atoms with Gasteiger partial charge in [0.15, 0.2) is 13.3 Å². The van der Waals surface area contributed by atoms with E-state index >= 15 is 0 Å². The van der Waals surface area contributed by atoms with E-state index in [0.717, 1.165) is 33.8 Å². The molecular formula is C22H28ClN3O3. The van der Waals surface area contributed by atoms with Crippen LogP contribution in [0.1, 0.15) is 28.1 Å². The molecule has 156 valence electrons. The predicted molar refractivity (Wildman–Crippen MR) is 111 cm³/mol. The van der Waals surface area contributed by atoms with Crippen LogP contribution in [0.25, 0.3) is 11.6 Å². The molecule has 1 N–H and O–H groups in total. The average molecular weight is 418 g/mol. The van der Waals surface area contributed by atoms with Gasteiger partial charge in [0.1, 0.15) is 0 Å². The Bertz CT molecular complexity index is 970. The van der Waals surface area contributed by atoms with Crippen molar-refractivity contribution in [3.05, 3.63) is 52.3 Å². The molecule has 3 rings (SSSR count). The zero-order valence-corrected chi connectivity index (χ0v) is 18.6. The SMILES string of the molecule is Cc1ccc2c(c1)N(COC(=O)C[N+](C)(C)C)C(=O)/C2=C\c1[nH]c(C)cc1C.[Cl-]. The summed E-state index contributed by atoms with van der Waals surface area (Å²) in [4.78, 5) is 30.1. The molecule has 0 unspecified atom stereocenters. The molecular weight excluding hydrogens is 390 g/mol. The maximum atomic E-state index is 13.1. The monoisotopic (exact) mass is 417 g/mol. The fourth-order valence-electron chi connectivity index (χ4n) is 3.34. The zero-order chi connectivity index (χ0) is 20.6. The van der Waals surface area contributed by atoms with Gasteiger partial charge in [0, 0.05) is 17.0 Å². The number of nitrogens with zero attached hydrogens (tertiary/aromatic N) is 2. The van der Waals surface area contributed by atoms with Crippen LogP contribution in [0.4, 0.5) is 5.69 Å². The lowest BCUT2D eigenvalue weighted by molar-refractivity contribution is -0.862. The number of rotatable bonds is 5. The second-order valence-electron chi connectivity index (χ2n) is 8.45. The van der Waals surface area contributed by atoms with Crippen molar-refractivity contribution in [3.63, 3.8) is 0 Å². The third kappa shape index (κ3) is 5.08. The van der Waals surface area contributed by atoms with Crippen LogP contribution in [0.5, 0.6) is 0 Å². The Balaban J connectivity index is 0.00000300. The Labute approximate surface area is 178 Å².